The number of carbonyl (C=O) groups excluding carboxylic acids is 2. The molecule has 0 aromatic heterocycles. The Kier molecular flexibility index (Phi) is 28.6. The number of phosphoric ester groups is 1. The fourth-order valence-electron chi connectivity index (χ4n) is 5.52. The summed E-state index contributed by atoms with van der Waals surface area (Å²) in [6.07, 6.45) is 37.6. The maximum Gasteiger partial charge on any atom is 0.469 e. The first-order valence-corrected chi connectivity index (χ1v) is 20.9. The number of rotatable bonds is 34. The summed E-state index contributed by atoms with van der Waals surface area (Å²) in [4.78, 5) is 42.7. The molecule has 1 aliphatic heterocycles. The van der Waals surface area contributed by atoms with Gasteiger partial charge < -0.3 is 24.0 Å². The van der Waals surface area contributed by atoms with Crippen LogP contribution in [0.5, 0.6) is 0 Å². The monoisotopic (exact) mass is 712 g/mol. The molecule has 1 aliphatic rings. The Morgan fingerprint density at radius 2 is 1.12 bits per heavy atom. The third-order valence-corrected chi connectivity index (χ3v) is 9.05. The summed E-state index contributed by atoms with van der Waals surface area (Å²) in [5.74, 6) is -0.954. The first-order valence-electron chi connectivity index (χ1n) is 19.4. The molecule has 0 amide bonds. The van der Waals surface area contributed by atoms with Crippen LogP contribution in [-0.2, 0) is 32.9 Å². The SMILES string of the molecule is CCCCC/C=C\CC1OC1C/C=C\C/C=C\CCCC(=O)O[C@H](COC(=O)CCCCCCCCCCCCCCC)COP(=O)(O)O. The van der Waals surface area contributed by atoms with Crippen LogP contribution >= 0.6 is 7.82 Å². The lowest BCUT2D eigenvalue weighted by atomic mass is 10.0. The number of hydrogen-bond donors (Lipinski definition) is 2. The molecule has 10 heteroatoms. The molecule has 0 saturated carbocycles. The fourth-order valence-corrected chi connectivity index (χ4v) is 5.88. The number of unbranched alkanes of at least 4 members (excludes halogenated alkanes) is 16. The van der Waals surface area contributed by atoms with E-state index in [1.807, 2.05) is 6.08 Å². The number of phosphoric acid groups is 1. The third kappa shape index (κ3) is 30.8. The molecule has 0 aliphatic carbocycles. The van der Waals surface area contributed by atoms with Crippen LogP contribution in [0.25, 0.3) is 0 Å². The van der Waals surface area contributed by atoms with Crippen molar-refractivity contribution in [2.24, 2.45) is 0 Å². The number of esters is 2. The Morgan fingerprint density at radius 3 is 1.73 bits per heavy atom. The minimum atomic E-state index is -4.77. The van der Waals surface area contributed by atoms with E-state index in [-0.39, 0.29) is 19.4 Å². The zero-order chi connectivity index (χ0) is 35.8. The molecule has 284 valence electrons. The van der Waals surface area contributed by atoms with E-state index in [1.54, 1.807) is 0 Å². The molecular weight excluding hydrogens is 643 g/mol. The van der Waals surface area contributed by atoms with Gasteiger partial charge >= 0.3 is 19.8 Å². The van der Waals surface area contributed by atoms with E-state index < -0.39 is 32.5 Å². The van der Waals surface area contributed by atoms with Crippen molar-refractivity contribution in [1.29, 1.82) is 0 Å². The summed E-state index contributed by atoms with van der Waals surface area (Å²) in [6, 6.07) is 0. The predicted molar refractivity (Wildman–Crippen MR) is 197 cm³/mol. The van der Waals surface area contributed by atoms with Gasteiger partial charge in [0, 0.05) is 12.8 Å². The standard InChI is InChI=1S/C39H69O9P/c1-3-5-7-9-11-12-13-14-15-16-19-23-27-31-38(40)45-33-35(34-46-49(42,43)44)47-39(41)32-28-24-20-17-18-22-26-30-37-36(48-37)29-25-21-10-8-6-4-2/h17,20-22,25-26,35-37H,3-16,18-19,23-24,27-34H2,1-2H3,(H2,42,43,44)/b20-17-,25-21-,26-22-/t35-,36?,37?/m1/s1. The number of allylic oxidation sites excluding steroid dienone is 4. The molecule has 0 spiro atoms. The Bertz CT molecular complexity index is 958. The quantitative estimate of drug-likeness (QED) is 0.0220. The van der Waals surface area contributed by atoms with Crippen molar-refractivity contribution < 1.29 is 42.7 Å². The van der Waals surface area contributed by atoms with Gasteiger partial charge in [-0.25, -0.2) is 4.57 Å². The Morgan fingerprint density at radius 1 is 0.633 bits per heavy atom. The van der Waals surface area contributed by atoms with Crippen molar-refractivity contribution in [2.45, 2.75) is 186 Å². The molecule has 1 saturated heterocycles. The highest BCUT2D eigenvalue weighted by Gasteiger charge is 2.36. The summed E-state index contributed by atoms with van der Waals surface area (Å²) >= 11 is 0. The van der Waals surface area contributed by atoms with Crippen LogP contribution < -0.4 is 0 Å². The molecule has 0 aromatic rings. The minimum absolute atomic E-state index is 0.132. The lowest BCUT2D eigenvalue weighted by Crippen LogP contribution is -2.29. The van der Waals surface area contributed by atoms with Crippen molar-refractivity contribution in [2.75, 3.05) is 13.2 Å². The highest BCUT2D eigenvalue weighted by molar-refractivity contribution is 7.46. The molecule has 0 radical (unpaired) electrons. The Hall–Kier alpha value is -1.77. The topological polar surface area (TPSA) is 132 Å². The number of ether oxygens (including phenoxy) is 3. The van der Waals surface area contributed by atoms with Gasteiger partial charge in [0.05, 0.1) is 18.8 Å². The second kappa shape index (κ2) is 31.0. The average molecular weight is 713 g/mol. The van der Waals surface area contributed by atoms with E-state index in [0.29, 0.717) is 25.0 Å². The van der Waals surface area contributed by atoms with Gasteiger partial charge in [0.15, 0.2) is 6.10 Å². The van der Waals surface area contributed by atoms with Gasteiger partial charge in [0.25, 0.3) is 0 Å². The van der Waals surface area contributed by atoms with E-state index in [9.17, 15) is 14.2 Å². The largest absolute Gasteiger partial charge is 0.469 e. The molecule has 9 nitrogen and oxygen atoms in total. The van der Waals surface area contributed by atoms with Crippen LogP contribution in [0.15, 0.2) is 36.5 Å². The maximum atomic E-state index is 12.4. The Balaban J connectivity index is 2.13. The summed E-state index contributed by atoms with van der Waals surface area (Å²) in [6.45, 7) is 3.59. The van der Waals surface area contributed by atoms with Crippen molar-refractivity contribution in [1.82, 2.24) is 0 Å². The van der Waals surface area contributed by atoms with Gasteiger partial charge in [-0.15, -0.1) is 0 Å². The lowest BCUT2D eigenvalue weighted by Gasteiger charge is -2.18. The number of carbonyl (C=O) groups is 2. The van der Waals surface area contributed by atoms with Gasteiger partial charge in [0.2, 0.25) is 0 Å². The highest BCUT2D eigenvalue weighted by Crippen LogP contribution is 2.36. The third-order valence-electron chi connectivity index (χ3n) is 8.56. The molecule has 2 unspecified atom stereocenters. The van der Waals surface area contributed by atoms with Crippen LogP contribution in [-0.4, -0.2) is 53.3 Å². The second-order valence-corrected chi connectivity index (χ2v) is 14.5. The second-order valence-electron chi connectivity index (χ2n) is 13.3. The molecule has 49 heavy (non-hydrogen) atoms. The molecular formula is C39H69O9P. The highest BCUT2D eigenvalue weighted by atomic mass is 31.2. The zero-order valence-electron chi connectivity index (χ0n) is 30.8. The van der Waals surface area contributed by atoms with Crippen LogP contribution in [0.2, 0.25) is 0 Å². The average Bonchev–Trinajstić information content (AvgIpc) is 3.82. The molecule has 0 bridgehead atoms. The number of epoxide rings is 1. The fraction of sp³-hybridized carbons (Fsp3) is 0.795. The van der Waals surface area contributed by atoms with E-state index in [1.165, 1.54) is 83.5 Å². The van der Waals surface area contributed by atoms with Crippen molar-refractivity contribution in [3.8, 4) is 0 Å². The van der Waals surface area contributed by atoms with E-state index in [0.717, 1.165) is 44.9 Å². The van der Waals surface area contributed by atoms with Gasteiger partial charge in [-0.05, 0) is 51.4 Å². The van der Waals surface area contributed by atoms with Gasteiger partial charge in [-0.2, -0.15) is 0 Å². The summed E-state index contributed by atoms with van der Waals surface area (Å²) in [5.41, 5.74) is 0. The smallest absolute Gasteiger partial charge is 0.462 e. The summed E-state index contributed by atoms with van der Waals surface area (Å²) < 4.78 is 32.0. The molecule has 1 fully saturated rings. The van der Waals surface area contributed by atoms with E-state index in [2.05, 4.69) is 48.8 Å². The van der Waals surface area contributed by atoms with Crippen LogP contribution in [0.1, 0.15) is 168 Å². The summed E-state index contributed by atoms with van der Waals surface area (Å²) in [5, 5.41) is 0. The normalized spacial score (nSPS) is 17.0. The minimum Gasteiger partial charge on any atom is -0.462 e. The Labute approximate surface area is 297 Å². The van der Waals surface area contributed by atoms with Crippen LogP contribution in [0, 0.1) is 0 Å². The molecule has 1 heterocycles. The predicted octanol–water partition coefficient (Wildman–Crippen LogP) is 10.4. The molecule has 3 atom stereocenters. The van der Waals surface area contributed by atoms with E-state index >= 15 is 0 Å². The van der Waals surface area contributed by atoms with Gasteiger partial charge in [-0.1, -0.05) is 140 Å². The van der Waals surface area contributed by atoms with Crippen LogP contribution in [0.4, 0.5) is 0 Å². The molecule has 1 rings (SSSR count). The van der Waals surface area contributed by atoms with Gasteiger partial charge in [-0.3, -0.25) is 14.1 Å². The van der Waals surface area contributed by atoms with E-state index in [4.69, 9.17) is 24.0 Å². The maximum absolute atomic E-state index is 12.4. The molecule has 0 aromatic carbocycles. The van der Waals surface area contributed by atoms with Crippen molar-refractivity contribution >= 4 is 19.8 Å². The van der Waals surface area contributed by atoms with Crippen LogP contribution in [0.3, 0.4) is 0 Å². The lowest BCUT2D eigenvalue weighted by molar-refractivity contribution is -0.161. The van der Waals surface area contributed by atoms with Crippen molar-refractivity contribution in [3.05, 3.63) is 36.5 Å². The van der Waals surface area contributed by atoms with Gasteiger partial charge in [0.1, 0.15) is 6.61 Å². The zero-order valence-corrected chi connectivity index (χ0v) is 31.7. The first-order chi connectivity index (χ1) is 23.7. The summed E-state index contributed by atoms with van der Waals surface area (Å²) in [7, 11) is -4.77. The number of hydrogen-bond acceptors (Lipinski definition) is 7. The first kappa shape index (κ1) is 45.3. The van der Waals surface area contributed by atoms with Crippen molar-refractivity contribution in [3.63, 3.8) is 0 Å². The molecule has 2 N–H and O–H groups in total.